The molecule has 0 heterocycles. The van der Waals surface area contributed by atoms with Crippen molar-refractivity contribution >= 4 is 11.4 Å². The van der Waals surface area contributed by atoms with Crippen molar-refractivity contribution in [1.29, 1.82) is 0 Å². The van der Waals surface area contributed by atoms with Crippen molar-refractivity contribution in [3.8, 4) is 5.75 Å². The molecular formula is C14H22N2O3. The first kappa shape index (κ1) is 15.3. The van der Waals surface area contributed by atoms with Crippen LogP contribution >= 0.6 is 0 Å². The molecule has 2 atom stereocenters. The average Bonchev–Trinajstić information content (AvgIpc) is 2.37. The Bertz CT molecular complexity index is 435. The van der Waals surface area contributed by atoms with Crippen molar-refractivity contribution < 1.29 is 9.66 Å². The second-order valence-electron chi connectivity index (χ2n) is 4.94. The van der Waals surface area contributed by atoms with Crippen LogP contribution in [-0.4, -0.2) is 18.1 Å². The van der Waals surface area contributed by atoms with Crippen LogP contribution in [0.25, 0.3) is 0 Å². The average molecular weight is 266 g/mol. The first-order valence-corrected chi connectivity index (χ1v) is 6.56. The highest BCUT2D eigenvalue weighted by atomic mass is 16.6. The van der Waals surface area contributed by atoms with Crippen LogP contribution in [0.4, 0.5) is 11.4 Å². The van der Waals surface area contributed by atoms with E-state index in [4.69, 9.17) is 4.74 Å². The van der Waals surface area contributed by atoms with Crippen molar-refractivity contribution in [2.24, 2.45) is 5.92 Å². The molecule has 1 aromatic rings. The van der Waals surface area contributed by atoms with Gasteiger partial charge in [-0.1, -0.05) is 20.3 Å². The van der Waals surface area contributed by atoms with Crippen LogP contribution in [0.5, 0.6) is 5.75 Å². The van der Waals surface area contributed by atoms with E-state index in [1.165, 1.54) is 13.2 Å². The summed E-state index contributed by atoms with van der Waals surface area (Å²) in [6.07, 6.45) is 2.21. The largest absolute Gasteiger partial charge is 0.490 e. The van der Waals surface area contributed by atoms with Gasteiger partial charge in [0, 0.05) is 23.9 Å². The zero-order valence-corrected chi connectivity index (χ0v) is 12.0. The van der Waals surface area contributed by atoms with E-state index in [-0.39, 0.29) is 11.4 Å². The van der Waals surface area contributed by atoms with E-state index in [2.05, 4.69) is 26.1 Å². The lowest BCUT2D eigenvalue weighted by Crippen LogP contribution is -2.18. The molecule has 106 valence electrons. The number of anilines is 1. The zero-order valence-electron chi connectivity index (χ0n) is 12.0. The molecule has 0 spiro atoms. The van der Waals surface area contributed by atoms with Crippen molar-refractivity contribution in [2.45, 2.75) is 39.7 Å². The minimum absolute atomic E-state index is 0.0115. The van der Waals surface area contributed by atoms with Gasteiger partial charge in [-0.15, -0.1) is 0 Å². The highest BCUT2D eigenvalue weighted by Gasteiger charge is 2.15. The number of hydrogen-bond acceptors (Lipinski definition) is 4. The van der Waals surface area contributed by atoms with E-state index in [1.807, 2.05) is 0 Å². The molecule has 19 heavy (non-hydrogen) atoms. The predicted octanol–water partition coefficient (Wildman–Crippen LogP) is 3.84. The third kappa shape index (κ3) is 4.43. The molecule has 0 radical (unpaired) electrons. The van der Waals surface area contributed by atoms with Crippen molar-refractivity contribution in [1.82, 2.24) is 0 Å². The molecule has 5 nitrogen and oxygen atoms in total. The summed E-state index contributed by atoms with van der Waals surface area (Å²) in [5.74, 6) is 0.938. The molecule has 1 aromatic carbocycles. The Labute approximate surface area is 114 Å². The third-order valence-corrected chi connectivity index (χ3v) is 3.24. The fourth-order valence-corrected chi connectivity index (χ4v) is 2.03. The summed E-state index contributed by atoms with van der Waals surface area (Å²) in [6.45, 7) is 6.50. The summed E-state index contributed by atoms with van der Waals surface area (Å²) in [4.78, 5) is 10.4. The van der Waals surface area contributed by atoms with Gasteiger partial charge in [-0.25, -0.2) is 0 Å². The lowest BCUT2D eigenvalue weighted by Gasteiger charge is -2.19. The third-order valence-electron chi connectivity index (χ3n) is 3.24. The van der Waals surface area contributed by atoms with E-state index < -0.39 is 4.92 Å². The van der Waals surface area contributed by atoms with Crippen LogP contribution < -0.4 is 10.1 Å². The van der Waals surface area contributed by atoms with Crippen LogP contribution in [0.3, 0.4) is 0 Å². The van der Waals surface area contributed by atoms with E-state index in [0.29, 0.717) is 12.0 Å². The van der Waals surface area contributed by atoms with Crippen LogP contribution in [-0.2, 0) is 0 Å². The van der Waals surface area contributed by atoms with Crippen LogP contribution in [0, 0.1) is 16.0 Å². The first-order valence-electron chi connectivity index (χ1n) is 6.56. The number of nitro benzene ring substituents is 1. The maximum absolute atomic E-state index is 10.8. The van der Waals surface area contributed by atoms with Gasteiger partial charge in [-0.3, -0.25) is 10.1 Å². The second kappa shape index (κ2) is 6.97. The molecule has 0 saturated heterocycles. The molecule has 1 N–H and O–H groups in total. The predicted molar refractivity (Wildman–Crippen MR) is 76.8 cm³/mol. The van der Waals surface area contributed by atoms with Crippen LogP contribution in [0.1, 0.15) is 33.6 Å². The van der Waals surface area contributed by atoms with Gasteiger partial charge in [0.25, 0.3) is 0 Å². The summed E-state index contributed by atoms with van der Waals surface area (Å²) in [7, 11) is 1.44. The number of methoxy groups -OCH3 is 1. The topological polar surface area (TPSA) is 64.4 Å². The summed E-state index contributed by atoms with van der Waals surface area (Å²) in [6, 6.07) is 5.18. The van der Waals surface area contributed by atoms with Gasteiger partial charge >= 0.3 is 5.69 Å². The quantitative estimate of drug-likeness (QED) is 0.601. The lowest BCUT2D eigenvalue weighted by molar-refractivity contribution is -0.385. The molecule has 0 aliphatic heterocycles. The van der Waals surface area contributed by atoms with Crippen molar-refractivity contribution in [3.05, 3.63) is 28.3 Å². The maximum atomic E-state index is 10.8. The Morgan fingerprint density at radius 3 is 2.63 bits per heavy atom. The Morgan fingerprint density at radius 2 is 2.11 bits per heavy atom. The molecular weight excluding hydrogens is 244 g/mol. The van der Waals surface area contributed by atoms with Gasteiger partial charge in [-0.05, 0) is 25.3 Å². The van der Waals surface area contributed by atoms with Crippen LogP contribution in [0.15, 0.2) is 18.2 Å². The van der Waals surface area contributed by atoms with E-state index in [0.717, 1.165) is 18.5 Å². The monoisotopic (exact) mass is 266 g/mol. The molecule has 0 aliphatic carbocycles. The maximum Gasteiger partial charge on any atom is 0.311 e. The summed E-state index contributed by atoms with van der Waals surface area (Å²) < 4.78 is 5.05. The SMILES string of the molecule is CCC(C)CC(C)Nc1ccc([N+](=O)[O-])c(OC)c1. The number of ether oxygens (including phenoxy) is 1. The van der Waals surface area contributed by atoms with Gasteiger partial charge in [0.2, 0.25) is 0 Å². The smallest absolute Gasteiger partial charge is 0.311 e. The number of rotatable bonds is 7. The lowest BCUT2D eigenvalue weighted by atomic mass is 10.0. The second-order valence-corrected chi connectivity index (χ2v) is 4.94. The zero-order chi connectivity index (χ0) is 14.4. The van der Waals surface area contributed by atoms with Crippen LogP contribution in [0.2, 0.25) is 0 Å². The fourth-order valence-electron chi connectivity index (χ4n) is 2.03. The molecule has 0 saturated carbocycles. The first-order chi connectivity index (χ1) is 8.97. The molecule has 0 aromatic heterocycles. The Morgan fingerprint density at radius 1 is 1.42 bits per heavy atom. The Kier molecular flexibility index (Phi) is 5.60. The summed E-state index contributed by atoms with van der Waals surface area (Å²) >= 11 is 0. The number of nitrogens with zero attached hydrogens (tertiary/aromatic N) is 1. The van der Waals surface area contributed by atoms with Gasteiger partial charge in [-0.2, -0.15) is 0 Å². The van der Waals surface area contributed by atoms with Crippen molar-refractivity contribution in [3.63, 3.8) is 0 Å². The van der Waals surface area contributed by atoms with Gasteiger partial charge in [0.1, 0.15) is 0 Å². The highest BCUT2D eigenvalue weighted by molar-refractivity contribution is 5.58. The molecule has 0 fully saturated rings. The highest BCUT2D eigenvalue weighted by Crippen LogP contribution is 2.30. The van der Waals surface area contributed by atoms with E-state index >= 15 is 0 Å². The van der Waals surface area contributed by atoms with Gasteiger partial charge in [0.15, 0.2) is 5.75 Å². The molecule has 0 aliphatic rings. The standard InChI is InChI=1S/C14H22N2O3/c1-5-10(2)8-11(3)15-12-6-7-13(16(17)18)14(9-12)19-4/h6-7,9-11,15H,5,8H2,1-4H3. The number of benzene rings is 1. The van der Waals surface area contributed by atoms with Gasteiger partial charge < -0.3 is 10.1 Å². The number of nitrogens with one attached hydrogen (secondary N) is 1. The molecule has 1 rings (SSSR count). The van der Waals surface area contributed by atoms with Crippen molar-refractivity contribution in [2.75, 3.05) is 12.4 Å². The minimum atomic E-state index is -0.439. The Hall–Kier alpha value is -1.78. The number of hydrogen-bond donors (Lipinski definition) is 1. The molecule has 0 bridgehead atoms. The van der Waals surface area contributed by atoms with E-state index in [9.17, 15) is 10.1 Å². The van der Waals surface area contributed by atoms with Gasteiger partial charge in [0.05, 0.1) is 12.0 Å². The summed E-state index contributed by atoms with van der Waals surface area (Å²) in [5, 5.41) is 14.1. The van der Waals surface area contributed by atoms with E-state index in [1.54, 1.807) is 12.1 Å². The fraction of sp³-hybridized carbons (Fsp3) is 0.571. The molecule has 5 heteroatoms. The molecule has 2 unspecified atom stereocenters. The Balaban J connectivity index is 2.77. The minimum Gasteiger partial charge on any atom is -0.490 e. The number of nitro groups is 1. The molecule has 0 amide bonds. The summed E-state index contributed by atoms with van der Waals surface area (Å²) in [5.41, 5.74) is 0.834. The normalized spacial score (nSPS) is 13.7.